The summed E-state index contributed by atoms with van der Waals surface area (Å²) in [5.41, 5.74) is 6.93. The lowest BCUT2D eigenvalue weighted by Crippen LogP contribution is -2.51. The summed E-state index contributed by atoms with van der Waals surface area (Å²) in [6.07, 6.45) is 2.05. The maximum atomic E-state index is 12.5. The summed E-state index contributed by atoms with van der Waals surface area (Å²) in [6, 6.07) is 5.23. The van der Waals surface area contributed by atoms with Crippen molar-refractivity contribution in [1.82, 2.24) is 9.80 Å². The number of halogens is 1. The van der Waals surface area contributed by atoms with Gasteiger partial charge in [0.15, 0.2) is 0 Å². The molecule has 0 radical (unpaired) electrons. The molecule has 112 valence electrons. The maximum absolute atomic E-state index is 12.5. The Morgan fingerprint density at radius 1 is 1.05 bits per heavy atom. The van der Waals surface area contributed by atoms with Crippen LogP contribution in [0.15, 0.2) is 22.7 Å². The third-order valence-corrected chi connectivity index (χ3v) is 4.43. The topological polar surface area (TPSA) is 66.6 Å². The number of nitrogens with two attached hydrogens (primary N) is 1. The summed E-state index contributed by atoms with van der Waals surface area (Å²) in [6.45, 7) is 2.43. The highest BCUT2D eigenvalue weighted by molar-refractivity contribution is 9.10. The van der Waals surface area contributed by atoms with Crippen LogP contribution in [0.3, 0.4) is 0 Å². The first-order chi connectivity index (χ1) is 10.0. The molecule has 1 aliphatic heterocycles. The fraction of sp³-hybridized carbons (Fsp3) is 0.467. The van der Waals surface area contributed by atoms with Gasteiger partial charge in [-0.25, -0.2) is 0 Å². The quantitative estimate of drug-likeness (QED) is 0.825. The van der Waals surface area contributed by atoms with Gasteiger partial charge in [0.1, 0.15) is 0 Å². The smallest absolute Gasteiger partial charge is 0.254 e. The van der Waals surface area contributed by atoms with Crippen molar-refractivity contribution in [3.63, 3.8) is 0 Å². The van der Waals surface area contributed by atoms with E-state index >= 15 is 0 Å². The van der Waals surface area contributed by atoms with E-state index < -0.39 is 0 Å². The van der Waals surface area contributed by atoms with Gasteiger partial charge < -0.3 is 15.5 Å². The van der Waals surface area contributed by atoms with Crippen molar-refractivity contribution in [2.75, 3.05) is 31.9 Å². The molecule has 5 nitrogen and oxygen atoms in total. The first-order valence-corrected chi connectivity index (χ1v) is 7.98. The molecule has 1 aromatic rings. The maximum Gasteiger partial charge on any atom is 0.254 e. The highest BCUT2D eigenvalue weighted by Gasteiger charge is 2.35. The molecule has 1 heterocycles. The summed E-state index contributed by atoms with van der Waals surface area (Å²) in [7, 11) is 0. The molecule has 0 aromatic heterocycles. The van der Waals surface area contributed by atoms with Crippen LogP contribution in [0.2, 0.25) is 0 Å². The van der Waals surface area contributed by atoms with Crippen LogP contribution in [-0.4, -0.2) is 47.8 Å². The van der Waals surface area contributed by atoms with Crippen LogP contribution in [0.1, 0.15) is 23.2 Å². The summed E-state index contributed by atoms with van der Waals surface area (Å²) < 4.78 is 0.799. The van der Waals surface area contributed by atoms with Gasteiger partial charge in [-0.05, 0) is 31.0 Å². The number of benzene rings is 1. The van der Waals surface area contributed by atoms with Gasteiger partial charge in [-0.2, -0.15) is 0 Å². The number of nitrogen functional groups attached to an aromatic ring is 1. The first-order valence-electron chi connectivity index (χ1n) is 7.19. The molecule has 1 saturated heterocycles. The largest absolute Gasteiger partial charge is 0.399 e. The monoisotopic (exact) mass is 351 g/mol. The molecule has 0 spiro atoms. The molecule has 2 N–H and O–H groups in total. The summed E-state index contributed by atoms with van der Waals surface area (Å²) in [4.78, 5) is 28.1. The normalized spacial score (nSPS) is 18.7. The van der Waals surface area contributed by atoms with E-state index in [1.165, 1.54) is 0 Å². The van der Waals surface area contributed by atoms with Gasteiger partial charge in [-0.15, -0.1) is 0 Å². The predicted octanol–water partition coefficient (Wildman–Crippen LogP) is 1.73. The third-order valence-electron chi connectivity index (χ3n) is 3.97. The lowest BCUT2D eigenvalue weighted by atomic mass is 10.1. The number of nitrogens with zero attached hydrogens (tertiary/aromatic N) is 2. The predicted molar refractivity (Wildman–Crippen MR) is 83.8 cm³/mol. The Morgan fingerprint density at radius 2 is 1.67 bits per heavy atom. The van der Waals surface area contributed by atoms with Gasteiger partial charge in [0.05, 0.1) is 0 Å². The average molecular weight is 352 g/mol. The Bertz CT molecular complexity index is 558. The standard InChI is InChI=1S/C15H18BrN3O2/c16-12-7-11(8-13(17)9-12)15(21)19-5-3-18(4-6-19)14(20)10-1-2-10/h7-10H,1-6,17H2. The Morgan fingerprint density at radius 3 is 2.24 bits per heavy atom. The van der Waals surface area contributed by atoms with E-state index in [1.54, 1.807) is 23.1 Å². The molecule has 3 rings (SSSR count). The van der Waals surface area contributed by atoms with Crippen molar-refractivity contribution in [1.29, 1.82) is 0 Å². The van der Waals surface area contributed by atoms with Crippen molar-refractivity contribution >= 4 is 33.4 Å². The van der Waals surface area contributed by atoms with Gasteiger partial charge in [0.2, 0.25) is 5.91 Å². The number of carbonyl (C=O) groups is 2. The van der Waals surface area contributed by atoms with Crippen molar-refractivity contribution < 1.29 is 9.59 Å². The average Bonchev–Trinajstić information content (AvgIpc) is 3.29. The SMILES string of the molecule is Nc1cc(Br)cc(C(=O)N2CCN(C(=O)C3CC3)CC2)c1. The Labute approximate surface area is 132 Å². The molecule has 1 saturated carbocycles. The second kappa shape index (κ2) is 5.67. The van der Waals surface area contributed by atoms with E-state index in [0.717, 1.165) is 17.3 Å². The summed E-state index contributed by atoms with van der Waals surface area (Å²) in [5, 5.41) is 0. The fourth-order valence-corrected chi connectivity index (χ4v) is 3.15. The number of piperazine rings is 1. The third kappa shape index (κ3) is 3.20. The second-order valence-electron chi connectivity index (χ2n) is 5.66. The number of anilines is 1. The number of hydrogen-bond acceptors (Lipinski definition) is 3. The molecule has 6 heteroatoms. The lowest BCUT2D eigenvalue weighted by Gasteiger charge is -2.35. The van der Waals surface area contributed by atoms with E-state index in [2.05, 4.69) is 15.9 Å². The van der Waals surface area contributed by atoms with Gasteiger partial charge in [-0.1, -0.05) is 15.9 Å². The number of hydrogen-bond donors (Lipinski definition) is 1. The van der Waals surface area contributed by atoms with Crippen LogP contribution in [0.25, 0.3) is 0 Å². The Kier molecular flexibility index (Phi) is 3.89. The lowest BCUT2D eigenvalue weighted by molar-refractivity contribution is -0.134. The van der Waals surface area contributed by atoms with Crippen LogP contribution >= 0.6 is 15.9 Å². The van der Waals surface area contributed by atoms with Crippen LogP contribution < -0.4 is 5.73 Å². The highest BCUT2D eigenvalue weighted by atomic mass is 79.9. The minimum absolute atomic E-state index is 0.0264. The zero-order chi connectivity index (χ0) is 15.0. The molecule has 0 unspecified atom stereocenters. The number of amides is 2. The van der Waals surface area contributed by atoms with E-state index in [9.17, 15) is 9.59 Å². The Hall–Kier alpha value is -1.56. The van der Waals surface area contributed by atoms with Crippen molar-refractivity contribution in [3.05, 3.63) is 28.2 Å². The van der Waals surface area contributed by atoms with Gasteiger partial charge in [-0.3, -0.25) is 9.59 Å². The zero-order valence-corrected chi connectivity index (χ0v) is 13.3. The van der Waals surface area contributed by atoms with Crippen LogP contribution in [0, 0.1) is 5.92 Å². The van der Waals surface area contributed by atoms with Crippen molar-refractivity contribution in [3.8, 4) is 0 Å². The van der Waals surface area contributed by atoms with Gasteiger partial charge >= 0.3 is 0 Å². The molecule has 2 fully saturated rings. The first kappa shape index (κ1) is 14.4. The van der Waals surface area contributed by atoms with Gasteiger partial charge in [0, 0.05) is 47.8 Å². The number of carbonyl (C=O) groups excluding carboxylic acids is 2. The Balaban J connectivity index is 1.63. The molecular weight excluding hydrogens is 334 g/mol. The van der Waals surface area contributed by atoms with Crippen molar-refractivity contribution in [2.24, 2.45) is 5.92 Å². The molecule has 1 aromatic carbocycles. The molecule has 21 heavy (non-hydrogen) atoms. The molecule has 2 aliphatic rings. The second-order valence-corrected chi connectivity index (χ2v) is 6.58. The molecule has 2 amide bonds. The molecule has 1 aliphatic carbocycles. The zero-order valence-electron chi connectivity index (χ0n) is 11.7. The highest BCUT2D eigenvalue weighted by Crippen LogP contribution is 2.31. The van der Waals surface area contributed by atoms with Crippen LogP contribution in [0.5, 0.6) is 0 Å². The molecule has 0 atom stereocenters. The summed E-state index contributed by atoms with van der Waals surface area (Å²) >= 11 is 3.35. The molecule has 0 bridgehead atoms. The molecular formula is C15H18BrN3O2. The van der Waals surface area contributed by atoms with Crippen LogP contribution in [0.4, 0.5) is 5.69 Å². The fourth-order valence-electron chi connectivity index (χ4n) is 2.64. The van der Waals surface area contributed by atoms with E-state index in [1.807, 2.05) is 4.90 Å². The number of rotatable bonds is 2. The van der Waals surface area contributed by atoms with E-state index in [4.69, 9.17) is 5.73 Å². The van der Waals surface area contributed by atoms with E-state index in [0.29, 0.717) is 37.4 Å². The minimum Gasteiger partial charge on any atom is -0.399 e. The van der Waals surface area contributed by atoms with Crippen molar-refractivity contribution in [2.45, 2.75) is 12.8 Å². The van der Waals surface area contributed by atoms with Crippen LogP contribution in [-0.2, 0) is 4.79 Å². The van der Waals surface area contributed by atoms with E-state index in [-0.39, 0.29) is 17.7 Å². The minimum atomic E-state index is -0.0264. The van der Waals surface area contributed by atoms with Gasteiger partial charge in [0.25, 0.3) is 5.91 Å². The summed E-state index contributed by atoms with van der Waals surface area (Å²) in [5.74, 6) is 0.479.